The van der Waals surface area contributed by atoms with Crippen LogP contribution >= 0.6 is 0 Å². The maximum Gasteiger partial charge on any atom is 0.259 e. The number of carbonyl (C=O) groups is 2. The molecule has 0 aromatic carbocycles. The molecule has 0 aromatic heterocycles. The number of aliphatic imine (C=N–C) groups is 1. The van der Waals surface area contributed by atoms with Crippen molar-refractivity contribution in [2.24, 2.45) is 10.9 Å². The van der Waals surface area contributed by atoms with E-state index in [1.54, 1.807) is 6.08 Å². The first-order chi connectivity index (χ1) is 13.2. The lowest BCUT2D eigenvalue weighted by Gasteiger charge is -2.41. The van der Waals surface area contributed by atoms with Gasteiger partial charge in [-0.3, -0.25) is 19.5 Å². The third-order valence-electron chi connectivity index (χ3n) is 6.42. The lowest BCUT2D eigenvalue weighted by atomic mass is 9.84. The maximum absolute atomic E-state index is 13.0. The summed E-state index contributed by atoms with van der Waals surface area (Å²) in [6.45, 7) is 5.31. The van der Waals surface area contributed by atoms with Crippen molar-refractivity contribution in [1.29, 1.82) is 0 Å². The molecule has 0 spiro atoms. The first-order valence-corrected chi connectivity index (χ1v) is 10.4. The Bertz CT molecular complexity index is 733. The molecule has 0 aromatic rings. The molecule has 1 saturated heterocycles. The predicted molar refractivity (Wildman–Crippen MR) is 107 cm³/mol. The molecule has 4 aliphatic rings. The van der Waals surface area contributed by atoms with E-state index in [1.807, 2.05) is 11.0 Å². The molecular weight excluding hydrogens is 338 g/mol. The Morgan fingerprint density at radius 1 is 1.15 bits per heavy atom. The summed E-state index contributed by atoms with van der Waals surface area (Å²) in [7, 11) is 0. The molecule has 2 heterocycles. The molecule has 1 atom stereocenters. The molecule has 5 heteroatoms. The number of ketones is 1. The van der Waals surface area contributed by atoms with E-state index in [0.717, 1.165) is 25.2 Å². The van der Waals surface area contributed by atoms with Crippen LogP contribution in [-0.2, 0) is 9.59 Å². The second kappa shape index (κ2) is 7.93. The highest BCUT2D eigenvalue weighted by Crippen LogP contribution is 2.27. The van der Waals surface area contributed by atoms with Crippen LogP contribution in [0.25, 0.3) is 0 Å². The van der Waals surface area contributed by atoms with Crippen LogP contribution in [-0.4, -0.2) is 59.4 Å². The lowest BCUT2D eigenvalue weighted by Crippen LogP contribution is -2.53. The van der Waals surface area contributed by atoms with E-state index in [2.05, 4.69) is 22.9 Å². The molecule has 2 fully saturated rings. The summed E-state index contributed by atoms with van der Waals surface area (Å²) >= 11 is 0. The van der Waals surface area contributed by atoms with Crippen LogP contribution in [0.15, 0.2) is 40.6 Å². The average Bonchev–Trinajstić information content (AvgIpc) is 2.74. The fourth-order valence-electron chi connectivity index (χ4n) is 4.75. The zero-order valence-corrected chi connectivity index (χ0v) is 16.2. The highest BCUT2D eigenvalue weighted by Gasteiger charge is 2.35. The topological polar surface area (TPSA) is 53.0 Å². The number of amides is 1. The summed E-state index contributed by atoms with van der Waals surface area (Å²) in [5.74, 6) is -0.155. The van der Waals surface area contributed by atoms with E-state index in [1.165, 1.54) is 38.3 Å². The van der Waals surface area contributed by atoms with Crippen LogP contribution in [0, 0.1) is 5.92 Å². The molecule has 0 bridgehead atoms. The van der Waals surface area contributed by atoms with Crippen molar-refractivity contribution in [1.82, 2.24) is 9.80 Å². The summed E-state index contributed by atoms with van der Waals surface area (Å²) in [4.78, 5) is 34.8. The van der Waals surface area contributed by atoms with Gasteiger partial charge < -0.3 is 4.90 Å². The van der Waals surface area contributed by atoms with Crippen LogP contribution in [0.3, 0.4) is 0 Å². The molecule has 2 aliphatic carbocycles. The van der Waals surface area contributed by atoms with E-state index in [9.17, 15) is 9.59 Å². The first-order valence-electron chi connectivity index (χ1n) is 10.4. The number of carbonyl (C=O) groups excluding carboxylic acids is 2. The van der Waals surface area contributed by atoms with Crippen LogP contribution < -0.4 is 0 Å². The molecular formula is C22H29N3O2. The molecule has 0 radical (unpaired) electrons. The lowest BCUT2D eigenvalue weighted by molar-refractivity contribution is -0.131. The van der Waals surface area contributed by atoms with Crippen LogP contribution in [0.2, 0.25) is 0 Å². The van der Waals surface area contributed by atoms with E-state index in [0.29, 0.717) is 24.7 Å². The Labute approximate surface area is 161 Å². The van der Waals surface area contributed by atoms with Gasteiger partial charge in [-0.2, -0.15) is 0 Å². The van der Waals surface area contributed by atoms with Gasteiger partial charge in [-0.25, -0.2) is 0 Å². The van der Waals surface area contributed by atoms with Gasteiger partial charge in [0.25, 0.3) is 5.91 Å². The monoisotopic (exact) mass is 367 g/mol. The summed E-state index contributed by atoms with van der Waals surface area (Å²) in [6.07, 6.45) is 14.8. The predicted octanol–water partition coefficient (Wildman–Crippen LogP) is 2.89. The number of piperazine rings is 1. The quantitative estimate of drug-likeness (QED) is 0.721. The summed E-state index contributed by atoms with van der Waals surface area (Å²) in [5.41, 5.74) is 1.63. The van der Waals surface area contributed by atoms with E-state index >= 15 is 0 Å². The molecule has 1 unspecified atom stereocenters. The van der Waals surface area contributed by atoms with Gasteiger partial charge in [0.15, 0.2) is 0 Å². The Kier molecular flexibility index (Phi) is 5.39. The molecule has 2 aliphatic heterocycles. The van der Waals surface area contributed by atoms with Crippen molar-refractivity contribution in [3.63, 3.8) is 0 Å². The number of hydrogen-bond donors (Lipinski definition) is 0. The number of Topliss-reactive ketones (excluding diaryl/α,β-unsaturated/α-hetero) is 1. The van der Waals surface area contributed by atoms with Crippen molar-refractivity contribution < 1.29 is 9.59 Å². The zero-order valence-electron chi connectivity index (χ0n) is 16.2. The van der Waals surface area contributed by atoms with Crippen molar-refractivity contribution in [3.8, 4) is 0 Å². The standard InChI is InChI=1S/C22H29N3O2/c1-2-16-7-6-10-18-20(16)23-15-19(21(18)26)22(27)25-13-11-24(12-14-25)17-8-4-3-5-9-17/h6-7,10,15-17H,2-5,8-9,11-14H2,1H3. The van der Waals surface area contributed by atoms with Crippen molar-refractivity contribution >= 4 is 17.4 Å². The van der Waals surface area contributed by atoms with Gasteiger partial charge in [-0.05, 0) is 25.3 Å². The third kappa shape index (κ3) is 3.57. The first kappa shape index (κ1) is 18.4. The molecule has 4 rings (SSSR count). The number of allylic oxidation sites excluding steroid dienone is 4. The average molecular weight is 367 g/mol. The second-order valence-corrected chi connectivity index (χ2v) is 7.99. The summed E-state index contributed by atoms with van der Waals surface area (Å²) in [5, 5.41) is 0. The molecule has 0 N–H and O–H groups in total. The van der Waals surface area contributed by atoms with Gasteiger partial charge in [-0.1, -0.05) is 38.3 Å². The SMILES string of the molecule is CCC1C=CC=C2C(=O)C(C(=O)N3CCN(C4CCCCC4)CC3)=CN=C21. The summed E-state index contributed by atoms with van der Waals surface area (Å²) < 4.78 is 0. The molecule has 27 heavy (non-hydrogen) atoms. The number of fused-ring (bicyclic) bond motifs is 1. The normalized spacial score (nSPS) is 27.0. The van der Waals surface area contributed by atoms with Crippen molar-refractivity contribution in [2.75, 3.05) is 26.2 Å². The highest BCUT2D eigenvalue weighted by molar-refractivity contribution is 6.37. The summed E-state index contributed by atoms with van der Waals surface area (Å²) in [6, 6.07) is 0.684. The molecule has 5 nitrogen and oxygen atoms in total. The number of nitrogens with zero attached hydrogens (tertiary/aromatic N) is 3. The van der Waals surface area contributed by atoms with Crippen LogP contribution in [0.1, 0.15) is 45.4 Å². The Balaban J connectivity index is 1.42. The van der Waals surface area contributed by atoms with Gasteiger partial charge in [-0.15, -0.1) is 0 Å². The second-order valence-electron chi connectivity index (χ2n) is 7.99. The van der Waals surface area contributed by atoms with E-state index < -0.39 is 0 Å². The van der Waals surface area contributed by atoms with Gasteiger partial charge in [0.2, 0.25) is 5.78 Å². The third-order valence-corrected chi connectivity index (χ3v) is 6.42. The van der Waals surface area contributed by atoms with Crippen LogP contribution in [0.4, 0.5) is 0 Å². The zero-order chi connectivity index (χ0) is 18.8. The van der Waals surface area contributed by atoms with Gasteiger partial charge in [0.1, 0.15) is 5.57 Å². The van der Waals surface area contributed by atoms with Crippen molar-refractivity contribution in [3.05, 3.63) is 35.6 Å². The molecule has 144 valence electrons. The van der Waals surface area contributed by atoms with E-state index in [-0.39, 0.29) is 23.2 Å². The fraction of sp³-hybridized carbons (Fsp3) is 0.591. The fourth-order valence-corrected chi connectivity index (χ4v) is 4.75. The largest absolute Gasteiger partial charge is 0.336 e. The van der Waals surface area contributed by atoms with Gasteiger partial charge >= 0.3 is 0 Å². The Morgan fingerprint density at radius 3 is 2.59 bits per heavy atom. The van der Waals surface area contributed by atoms with Crippen LogP contribution in [0.5, 0.6) is 0 Å². The minimum absolute atomic E-state index is 0.158. The minimum atomic E-state index is -0.164. The van der Waals surface area contributed by atoms with E-state index in [4.69, 9.17) is 0 Å². The Morgan fingerprint density at radius 2 is 1.89 bits per heavy atom. The highest BCUT2D eigenvalue weighted by atomic mass is 16.2. The number of rotatable bonds is 3. The number of hydrogen-bond acceptors (Lipinski definition) is 4. The van der Waals surface area contributed by atoms with Crippen molar-refractivity contribution in [2.45, 2.75) is 51.5 Å². The minimum Gasteiger partial charge on any atom is -0.336 e. The van der Waals surface area contributed by atoms with Gasteiger partial charge in [0.05, 0.1) is 5.71 Å². The molecule has 1 amide bonds. The maximum atomic E-state index is 13.0. The smallest absolute Gasteiger partial charge is 0.259 e. The van der Waals surface area contributed by atoms with Gasteiger partial charge in [0, 0.05) is 49.9 Å². The molecule has 1 saturated carbocycles. The Hall–Kier alpha value is -2.01.